The molecule has 0 unspecified atom stereocenters. The number of hydrogen-bond acceptors (Lipinski definition) is 6. The Labute approximate surface area is 137 Å². The Hall–Kier alpha value is -1.09. The van der Waals surface area contributed by atoms with Crippen molar-refractivity contribution in [1.29, 1.82) is 0 Å². The van der Waals surface area contributed by atoms with Gasteiger partial charge in [-0.2, -0.15) is 8.42 Å². The monoisotopic (exact) mass is 370 g/mol. The van der Waals surface area contributed by atoms with Gasteiger partial charge >= 0.3 is 8.26 Å². The molecule has 0 aliphatic carbocycles. The van der Waals surface area contributed by atoms with Crippen molar-refractivity contribution in [2.45, 2.75) is 12.8 Å². The van der Waals surface area contributed by atoms with E-state index in [0.29, 0.717) is 11.6 Å². The van der Waals surface area contributed by atoms with Crippen molar-refractivity contribution in [2.24, 2.45) is 5.92 Å². The highest BCUT2D eigenvalue weighted by molar-refractivity contribution is 8.31. The van der Waals surface area contributed by atoms with Crippen molar-refractivity contribution in [2.75, 3.05) is 25.1 Å². The van der Waals surface area contributed by atoms with Crippen LogP contribution >= 0.6 is 21.4 Å². The van der Waals surface area contributed by atoms with Gasteiger partial charge in [-0.1, -0.05) is 12.1 Å². The fourth-order valence-electron chi connectivity index (χ4n) is 1.99. The molecule has 0 radical (unpaired) electrons. The molecule has 1 N–H and O–H groups in total. The lowest BCUT2D eigenvalue weighted by Gasteiger charge is -2.22. The first-order chi connectivity index (χ1) is 10.3. The van der Waals surface area contributed by atoms with Gasteiger partial charge in [0.2, 0.25) is 0 Å². The Kier molecular flexibility index (Phi) is 7.88. The van der Waals surface area contributed by atoms with Crippen LogP contribution in [-0.4, -0.2) is 33.1 Å². The number of hydrogen-bond donors (Lipinski definition) is 1. The van der Waals surface area contributed by atoms with Crippen molar-refractivity contribution in [3.05, 3.63) is 34.4 Å². The predicted octanol–water partition coefficient (Wildman–Crippen LogP) is 3.14. The van der Waals surface area contributed by atoms with E-state index in [0.717, 1.165) is 32.6 Å². The average Bonchev–Trinajstić information content (AvgIpc) is 2.44. The first kappa shape index (κ1) is 19.0. The van der Waals surface area contributed by atoms with E-state index in [9.17, 15) is 10.1 Å². The number of nitrogens with zero attached hydrogens (tertiary/aromatic N) is 1. The number of anilines is 1. The topological polar surface area (TPSA) is 98.5 Å². The molecule has 0 bridgehead atoms. The summed E-state index contributed by atoms with van der Waals surface area (Å²) in [7, 11) is 4.81. The van der Waals surface area contributed by atoms with Gasteiger partial charge in [-0.25, -0.2) is 0 Å². The lowest BCUT2D eigenvalue weighted by Crippen LogP contribution is -2.22. The number of nitrogens with one attached hydrogen (secondary N) is 1. The maximum Gasteiger partial charge on any atom is 0.317 e. The van der Waals surface area contributed by atoms with Crippen LogP contribution in [0.4, 0.5) is 11.4 Å². The SMILES string of the molecule is O=S(=O)(Cl)Cl.O=[N+]([O-])c1ccccc1NCC1CCOCC1. The number of halogens is 2. The Bertz CT molecular complexity index is 583. The summed E-state index contributed by atoms with van der Waals surface area (Å²) < 4.78 is 23.6. The van der Waals surface area contributed by atoms with Gasteiger partial charge in [0.05, 0.1) is 4.92 Å². The van der Waals surface area contributed by atoms with Crippen LogP contribution in [0.1, 0.15) is 12.8 Å². The summed E-state index contributed by atoms with van der Waals surface area (Å²) in [6.07, 6.45) is 2.04. The van der Waals surface area contributed by atoms with Gasteiger partial charge in [0.15, 0.2) is 0 Å². The van der Waals surface area contributed by atoms with E-state index in [1.165, 1.54) is 6.07 Å². The van der Waals surface area contributed by atoms with E-state index in [1.54, 1.807) is 18.2 Å². The number of para-hydroxylation sites is 2. The van der Waals surface area contributed by atoms with Crippen LogP contribution in [0, 0.1) is 16.0 Å². The average molecular weight is 371 g/mol. The maximum absolute atomic E-state index is 10.8. The molecule has 0 atom stereocenters. The summed E-state index contributed by atoms with van der Waals surface area (Å²) in [4.78, 5) is 10.5. The molecule has 22 heavy (non-hydrogen) atoms. The number of rotatable bonds is 4. The largest absolute Gasteiger partial charge is 0.381 e. The molecule has 124 valence electrons. The molecule has 1 aromatic carbocycles. The van der Waals surface area contributed by atoms with Gasteiger partial charge in [-0.15, -0.1) is 0 Å². The standard InChI is InChI=1S/C12H16N2O3.Cl2O2S/c15-14(16)12-4-2-1-3-11(12)13-9-10-5-7-17-8-6-10;1-5(2,3)4/h1-4,10,13H,5-9H2;. The van der Waals surface area contributed by atoms with E-state index in [2.05, 4.69) is 26.7 Å². The summed E-state index contributed by atoms with van der Waals surface area (Å²) in [5, 5.41) is 14.0. The number of nitro benzene ring substituents is 1. The molecule has 0 spiro atoms. The molecule has 10 heteroatoms. The quantitative estimate of drug-likeness (QED) is 0.496. The van der Waals surface area contributed by atoms with E-state index in [4.69, 9.17) is 13.2 Å². The molecule has 1 aromatic rings. The second-order valence-corrected chi connectivity index (χ2v) is 8.26. The normalized spacial score (nSPS) is 15.5. The summed E-state index contributed by atoms with van der Waals surface area (Å²) in [5.74, 6) is 0.545. The van der Waals surface area contributed by atoms with Crippen molar-refractivity contribution in [3.8, 4) is 0 Å². The maximum atomic E-state index is 10.8. The zero-order valence-corrected chi connectivity index (χ0v) is 13.9. The third-order valence-electron chi connectivity index (χ3n) is 3.02. The summed E-state index contributed by atoms with van der Waals surface area (Å²) >= 11 is 0. The van der Waals surface area contributed by atoms with Crippen LogP contribution in [-0.2, 0) is 13.0 Å². The van der Waals surface area contributed by atoms with Crippen LogP contribution < -0.4 is 5.32 Å². The van der Waals surface area contributed by atoms with E-state index < -0.39 is 8.26 Å². The number of ether oxygens (including phenoxy) is 1. The van der Waals surface area contributed by atoms with Gasteiger partial charge in [-0.05, 0) is 24.8 Å². The van der Waals surface area contributed by atoms with Crippen LogP contribution in [0.15, 0.2) is 24.3 Å². The molecule has 0 saturated carbocycles. The second-order valence-electron chi connectivity index (χ2n) is 4.59. The Morgan fingerprint density at radius 3 is 2.36 bits per heavy atom. The molecule has 1 aliphatic heterocycles. The minimum Gasteiger partial charge on any atom is -0.381 e. The van der Waals surface area contributed by atoms with Crippen LogP contribution in [0.25, 0.3) is 0 Å². The molecule has 1 aliphatic rings. The van der Waals surface area contributed by atoms with Crippen LogP contribution in [0.3, 0.4) is 0 Å². The van der Waals surface area contributed by atoms with Crippen LogP contribution in [0.5, 0.6) is 0 Å². The van der Waals surface area contributed by atoms with Gasteiger partial charge in [0, 0.05) is 47.2 Å². The smallest absolute Gasteiger partial charge is 0.317 e. The van der Waals surface area contributed by atoms with Crippen molar-refractivity contribution < 1.29 is 18.1 Å². The molecule has 0 amide bonds. The number of benzene rings is 1. The number of nitro groups is 1. The third-order valence-corrected chi connectivity index (χ3v) is 3.02. The minimum atomic E-state index is -3.72. The molecule has 2 rings (SSSR count). The van der Waals surface area contributed by atoms with Crippen molar-refractivity contribution in [1.82, 2.24) is 0 Å². The minimum absolute atomic E-state index is 0.138. The van der Waals surface area contributed by atoms with E-state index in [1.807, 2.05) is 0 Å². The zero-order chi connectivity index (χ0) is 16.6. The highest BCUT2D eigenvalue weighted by Gasteiger charge is 2.16. The van der Waals surface area contributed by atoms with E-state index in [-0.39, 0.29) is 10.6 Å². The first-order valence-corrected chi connectivity index (χ1v) is 9.60. The molecular formula is C12H16Cl2N2O5S. The highest BCUT2D eigenvalue weighted by Crippen LogP contribution is 2.24. The van der Waals surface area contributed by atoms with Gasteiger partial charge in [0.25, 0.3) is 5.69 Å². The van der Waals surface area contributed by atoms with Gasteiger partial charge < -0.3 is 10.1 Å². The summed E-state index contributed by atoms with van der Waals surface area (Å²) in [6.45, 7) is 2.36. The van der Waals surface area contributed by atoms with Crippen molar-refractivity contribution >= 4 is 41.0 Å². The summed E-state index contributed by atoms with van der Waals surface area (Å²) in [5.41, 5.74) is 0.739. The van der Waals surface area contributed by atoms with Gasteiger partial charge in [0.1, 0.15) is 5.69 Å². The molecular weight excluding hydrogens is 355 g/mol. The first-order valence-electron chi connectivity index (χ1n) is 6.46. The molecule has 1 fully saturated rings. The molecule has 1 heterocycles. The fraction of sp³-hybridized carbons (Fsp3) is 0.500. The highest BCUT2D eigenvalue weighted by atomic mass is 36.0. The Morgan fingerprint density at radius 1 is 1.27 bits per heavy atom. The third kappa shape index (κ3) is 8.38. The predicted molar refractivity (Wildman–Crippen MR) is 85.8 cm³/mol. The Balaban J connectivity index is 0.000000422. The molecule has 1 saturated heterocycles. The second kappa shape index (κ2) is 9.14. The van der Waals surface area contributed by atoms with Crippen molar-refractivity contribution in [3.63, 3.8) is 0 Å². The van der Waals surface area contributed by atoms with Crippen LogP contribution in [0.2, 0.25) is 0 Å². The van der Waals surface area contributed by atoms with E-state index >= 15 is 0 Å². The lowest BCUT2D eigenvalue weighted by atomic mass is 10.0. The zero-order valence-electron chi connectivity index (χ0n) is 11.6. The lowest BCUT2D eigenvalue weighted by molar-refractivity contribution is -0.384. The Morgan fingerprint density at radius 2 is 1.82 bits per heavy atom. The molecule has 7 nitrogen and oxygen atoms in total. The molecule has 0 aromatic heterocycles. The summed E-state index contributed by atoms with van der Waals surface area (Å²) in [6, 6.07) is 6.75. The van der Waals surface area contributed by atoms with Gasteiger partial charge in [-0.3, -0.25) is 10.1 Å². The fourth-order valence-corrected chi connectivity index (χ4v) is 1.99.